The van der Waals surface area contributed by atoms with E-state index in [1.807, 2.05) is 114 Å². The second kappa shape index (κ2) is 33.7. The third kappa shape index (κ3) is 16.0. The molecule has 21 aromatic rings. The summed E-state index contributed by atoms with van der Waals surface area (Å²) >= 11 is 1.87. The second-order valence-corrected chi connectivity index (χ2v) is 31.6. The first-order valence-corrected chi connectivity index (χ1v) is 41.3. The number of aryl methyl sites for hydroxylation is 7. The fourth-order valence-corrected chi connectivity index (χ4v) is 17.2. The van der Waals surface area contributed by atoms with E-state index in [1.165, 1.54) is 120 Å². The largest absolute Gasteiger partial charge is 0.456 e. The number of benzene rings is 17. The molecule has 24 rings (SSSR count). The van der Waals surface area contributed by atoms with Gasteiger partial charge < -0.3 is 28.3 Å². The summed E-state index contributed by atoms with van der Waals surface area (Å²) in [5.74, 6) is 3.58. The maximum Gasteiger partial charge on any atom is 0.151 e. The Balaban J connectivity index is 0.0000000961. The zero-order valence-electron chi connectivity index (χ0n) is 67.5. The van der Waals surface area contributed by atoms with Gasteiger partial charge in [0.1, 0.15) is 11.2 Å². The number of rotatable bonds is 3. The van der Waals surface area contributed by atoms with Crippen LogP contribution in [0.25, 0.3) is 103 Å². The third-order valence-electron chi connectivity index (χ3n) is 21.7. The molecular formula is C110H87N5O3S. The molecule has 9 heteroatoms. The Labute approximate surface area is 698 Å². The minimum absolute atomic E-state index is 0.888. The molecule has 0 atom stereocenters. The van der Waals surface area contributed by atoms with Crippen LogP contribution in [0, 0.1) is 48.5 Å². The van der Waals surface area contributed by atoms with Crippen molar-refractivity contribution in [2.24, 2.45) is 0 Å². The van der Waals surface area contributed by atoms with Crippen molar-refractivity contribution in [2.45, 2.75) is 54.9 Å². The van der Waals surface area contributed by atoms with Gasteiger partial charge in [-0.05, 0) is 258 Å². The van der Waals surface area contributed by atoms with Crippen LogP contribution in [-0.4, -0.2) is 14.5 Å². The topological polar surface area (TPSA) is 68.8 Å². The number of hydrogen-bond donors (Lipinski definition) is 0. The fourth-order valence-electron chi connectivity index (χ4n) is 16.1. The number of ether oxygens (including phenoxy) is 2. The van der Waals surface area contributed by atoms with Crippen molar-refractivity contribution in [3.05, 3.63) is 438 Å². The number of nitrogens with zero attached hydrogens (tertiary/aromatic N) is 5. The van der Waals surface area contributed by atoms with E-state index >= 15 is 0 Å². The summed E-state index contributed by atoms with van der Waals surface area (Å²) in [5, 5.41) is 7.83. The van der Waals surface area contributed by atoms with Gasteiger partial charge in [-0.3, -0.25) is 0 Å². The minimum atomic E-state index is 0.888. The molecular weight excluding hydrogens is 1470 g/mol. The molecule has 17 aromatic carbocycles. The lowest BCUT2D eigenvalue weighted by molar-refractivity contribution is 0.476. The van der Waals surface area contributed by atoms with Gasteiger partial charge in [-0.15, -0.1) is 11.3 Å². The maximum absolute atomic E-state index is 6.07. The van der Waals surface area contributed by atoms with Gasteiger partial charge in [-0.1, -0.05) is 247 Å². The molecule has 119 heavy (non-hydrogen) atoms. The highest BCUT2D eigenvalue weighted by molar-refractivity contribution is 7.25. The Kier molecular flexibility index (Phi) is 21.4. The number of thiophene rings is 1. The lowest BCUT2D eigenvalue weighted by Crippen LogP contribution is -2.15. The highest BCUT2D eigenvalue weighted by Gasteiger charge is 2.28. The number of anilines is 6. The first-order chi connectivity index (χ1) is 58.4. The molecule has 0 saturated heterocycles. The molecule has 0 amide bonds. The van der Waals surface area contributed by atoms with Gasteiger partial charge in [0.05, 0.1) is 55.8 Å². The summed E-state index contributed by atoms with van der Waals surface area (Å²) < 4.78 is 22.9. The average Bonchev–Trinajstić information content (AvgIpc) is 1.26. The van der Waals surface area contributed by atoms with Crippen LogP contribution in [0.1, 0.15) is 50.1 Å². The van der Waals surface area contributed by atoms with Crippen LogP contribution in [0.5, 0.6) is 23.0 Å². The Morgan fingerprint density at radius 3 is 1.34 bits per heavy atom. The summed E-state index contributed by atoms with van der Waals surface area (Å²) in [6.45, 7) is 14.8. The minimum Gasteiger partial charge on any atom is -0.456 e. The Morgan fingerprint density at radius 1 is 0.252 bits per heavy atom. The van der Waals surface area contributed by atoms with Crippen LogP contribution in [0.3, 0.4) is 0 Å². The van der Waals surface area contributed by atoms with Crippen LogP contribution in [0.4, 0.5) is 34.1 Å². The van der Waals surface area contributed by atoms with Gasteiger partial charge in [0, 0.05) is 58.8 Å². The van der Waals surface area contributed by atoms with E-state index in [-0.39, 0.29) is 0 Å². The average molecular weight is 1560 g/mol. The van der Waals surface area contributed by atoms with Crippen molar-refractivity contribution >= 4 is 131 Å². The van der Waals surface area contributed by atoms with Crippen molar-refractivity contribution < 1.29 is 13.9 Å². The van der Waals surface area contributed by atoms with Gasteiger partial charge in [-0.2, -0.15) is 0 Å². The summed E-state index contributed by atoms with van der Waals surface area (Å²) in [5.41, 5.74) is 30.7. The van der Waals surface area contributed by atoms with Crippen LogP contribution in [-0.2, 0) is 6.42 Å². The molecule has 4 aromatic heterocycles. The van der Waals surface area contributed by atoms with E-state index < -0.39 is 0 Å². The number of aromatic nitrogens is 3. The van der Waals surface area contributed by atoms with Crippen molar-refractivity contribution in [1.82, 2.24) is 14.5 Å². The Hall–Kier alpha value is -14.6. The highest BCUT2D eigenvalue weighted by atomic mass is 32.1. The first kappa shape index (κ1) is 75.7. The third-order valence-corrected chi connectivity index (χ3v) is 22.9. The molecule has 8 nitrogen and oxygen atoms in total. The van der Waals surface area contributed by atoms with Crippen LogP contribution in [0.15, 0.2) is 393 Å². The summed E-state index contributed by atoms with van der Waals surface area (Å²) in [6, 6.07) is 135. The highest BCUT2D eigenvalue weighted by Crippen LogP contribution is 2.52. The van der Waals surface area contributed by atoms with Crippen molar-refractivity contribution in [1.29, 1.82) is 0 Å². The molecule has 0 radical (unpaired) electrons. The number of hydrogen-bond acceptors (Lipinski definition) is 8. The van der Waals surface area contributed by atoms with Crippen LogP contribution < -0.4 is 19.3 Å². The molecule has 6 heterocycles. The number of para-hydroxylation sites is 11. The Bertz CT molecular complexity index is 7020. The molecule has 1 aliphatic carbocycles. The monoisotopic (exact) mass is 1560 g/mol. The molecule has 0 spiro atoms. The maximum atomic E-state index is 6.07. The van der Waals surface area contributed by atoms with E-state index in [0.717, 1.165) is 96.8 Å². The normalized spacial score (nSPS) is 11.7. The predicted octanol–water partition coefficient (Wildman–Crippen LogP) is 31.1. The smallest absolute Gasteiger partial charge is 0.151 e. The second-order valence-electron chi connectivity index (χ2n) is 30.5. The molecule has 0 unspecified atom stereocenters. The van der Waals surface area contributed by atoms with E-state index in [4.69, 9.17) is 13.9 Å². The van der Waals surface area contributed by atoms with Gasteiger partial charge >= 0.3 is 0 Å². The summed E-state index contributed by atoms with van der Waals surface area (Å²) in [6.07, 6.45) is 1.10. The van der Waals surface area contributed by atoms with Crippen molar-refractivity contribution in [2.75, 3.05) is 9.80 Å². The van der Waals surface area contributed by atoms with E-state index in [2.05, 4.69) is 358 Å². The summed E-state index contributed by atoms with van der Waals surface area (Å²) in [4.78, 5) is 13.6. The van der Waals surface area contributed by atoms with E-state index in [1.54, 1.807) is 0 Å². The molecule has 0 fully saturated rings. The van der Waals surface area contributed by atoms with E-state index in [9.17, 15) is 0 Å². The van der Waals surface area contributed by atoms with Crippen molar-refractivity contribution in [3.63, 3.8) is 0 Å². The first-order valence-electron chi connectivity index (χ1n) is 40.4. The molecule has 0 bridgehead atoms. The molecule has 576 valence electrons. The van der Waals surface area contributed by atoms with Gasteiger partial charge in [0.15, 0.2) is 23.0 Å². The Morgan fingerprint density at radius 2 is 0.672 bits per heavy atom. The van der Waals surface area contributed by atoms with Crippen LogP contribution in [0.2, 0.25) is 0 Å². The lowest BCUT2D eigenvalue weighted by atomic mass is 10.0. The summed E-state index contributed by atoms with van der Waals surface area (Å²) in [7, 11) is 0. The fraction of sp³-hybridized carbons (Fsp3) is 0.0727. The standard InChI is InChI=1S/2C19H15NO.C19H15N.C14H12.C13H10N2.C13H10O.C13H10S/c2*1-14-11-12-17-19(13-14)21-18-10-6-5-9-16(18)20(17)15-7-3-2-4-8-15;1-14-11-12-19-17(13-14)16-9-5-6-10-18(16)20(19)15-7-3-2-4-8-15;1-10-6-7-14-12(8-10)9-11-4-2-3-5-13(11)14;1-9-6-7-12-13(8-9)15-11-5-3-2-4-10(11)14-12;2*1-9-6-7-13-11(8-9)10-4-2-3-5-12(10)14-13/h2*2-13H,1H3;2-13H,1H3;2-8H,9H2,1H3;2-8H,1H3;2*2-8H,1H3. The lowest BCUT2D eigenvalue weighted by Gasteiger charge is -2.32. The van der Waals surface area contributed by atoms with Gasteiger partial charge in [0.25, 0.3) is 0 Å². The number of fused-ring (bicyclic) bond motifs is 18. The molecule has 2 aliphatic heterocycles. The zero-order valence-corrected chi connectivity index (χ0v) is 68.3. The number of furan rings is 1. The predicted molar refractivity (Wildman–Crippen MR) is 501 cm³/mol. The van der Waals surface area contributed by atoms with E-state index in [0.29, 0.717) is 0 Å². The molecule has 0 saturated carbocycles. The SMILES string of the molecule is Cc1ccc2c(c1)Cc1ccccc1-2.Cc1ccc2c(c1)Oc1ccccc1N2c1ccccc1.Cc1ccc2c(c1)Oc1ccccc1N2c1ccccc1.Cc1ccc2c(c1)c1ccccc1n2-c1ccccc1.Cc1ccc2nc3ccccc3nc2c1.Cc1ccc2oc3ccccc3c2c1.Cc1ccc2sc3ccccc3c2c1. The van der Waals surface area contributed by atoms with Gasteiger partial charge in [-0.25, -0.2) is 9.97 Å². The molecule has 0 N–H and O–H groups in total. The quantitative estimate of drug-likeness (QED) is 0.163. The zero-order chi connectivity index (χ0) is 80.9. The van der Waals surface area contributed by atoms with Gasteiger partial charge in [0.2, 0.25) is 0 Å². The molecule has 3 aliphatic rings. The van der Waals surface area contributed by atoms with Crippen LogP contribution >= 0.6 is 11.3 Å². The van der Waals surface area contributed by atoms with Crippen molar-refractivity contribution in [3.8, 4) is 39.8 Å².